The number of aromatic nitrogens is 2. The van der Waals surface area contributed by atoms with Crippen LogP contribution in [0.2, 0.25) is 5.02 Å². The first-order valence-corrected chi connectivity index (χ1v) is 8.44. The van der Waals surface area contributed by atoms with Gasteiger partial charge >= 0.3 is 5.97 Å². The molecule has 126 valence electrons. The number of hydrogen-bond acceptors (Lipinski definition) is 3. The van der Waals surface area contributed by atoms with E-state index in [0.29, 0.717) is 24.7 Å². The molecule has 2 rings (SSSR count). The average Bonchev–Trinajstić information content (AvgIpc) is 2.87. The zero-order valence-corrected chi connectivity index (χ0v) is 14.2. The van der Waals surface area contributed by atoms with Crippen molar-refractivity contribution in [1.29, 1.82) is 0 Å². The molecule has 0 aliphatic carbocycles. The summed E-state index contributed by atoms with van der Waals surface area (Å²) in [7, 11) is 0. The van der Waals surface area contributed by atoms with Crippen LogP contribution in [0.1, 0.15) is 38.4 Å². The molecule has 0 saturated carbocycles. The number of fused-ring (bicyclic) bond motifs is 1. The molecule has 1 heterocycles. The lowest BCUT2D eigenvalue weighted by molar-refractivity contribution is -0.137. The van der Waals surface area contributed by atoms with Crippen molar-refractivity contribution in [3.05, 3.63) is 29.0 Å². The molecule has 6 heteroatoms. The first-order chi connectivity index (χ1) is 11.1. The van der Waals surface area contributed by atoms with Crippen LogP contribution in [-0.4, -0.2) is 33.8 Å². The van der Waals surface area contributed by atoms with E-state index < -0.39 is 5.97 Å². The van der Waals surface area contributed by atoms with E-state index >= 15 is 0 Å². The summed E-state index contributed by atoms with van der Waals surface area (Å²) in [6, 6.07) is 5.73. The Labute approximate surface area is 141 Å². The van der Waals surface area contributed by atoms with E-state index in [-0.39, 0.29) is 6.42 Å². The van der Waals surface area contributed by atoms with Gasteiger partial charge in [-0.25, -0.2) is 4.98 Å². The van der Waals surface area contributed by atoms with Gasteiger partial charge in [-0.15, -0.1) is 0 Å². The number of aryl methyl sites for hydroxylation is 2. The minimum atomic E-state index is -0.752. The Morgan fingerprint density at radius 2 is 2.17 bits per heavy atom. The molecule has 2 aromatic rings. The third-order valence-electron chi connectivity index (χ3n) is 3.71. The molecule has 23 heavy (non-hydrogen) atoms. The average molecular weight is 339 g/mol. The van der Waals surface area contributed by atoms with Gasteiger partial charge in [-0.3, -0.25) is 4.79 Å². The van der Waals surface area contributed by atoms with Gasteiger partial charge in [0.05, 0.1) is 16.1 Å². The molecule has 0 fully saturated rings. The summed E-state index contributed by atoms with van der Waals surface area (Å²) in [5.74, 6) is 0.216. The fraction of sp³-hybridized carbons (Fsp3) is 0.529. The first kappa shape index (κ1) is 17.8. The minimum absolute atomic E-state index is 0.200. The van der Waals surface area contributed by atoms with E-state index in [9.17, 15) is 4.79 Å². The molecule has 0 aliphatic heterocycles. The molecule has 0 atom stereocenters. The van der Waals surface area contributed by atoms with Gasteiger partial charge in [0.25, 0.3) is 0 Å². The molecule has 0 spiro atoms. The molecular formula is C17H23ClN2O3. The third-order valence-corrected chi connectivity index (χ3v) is 4.02. The van der Waals surface area contributed by atoms with Crippen molar-refractivity contribution in [2.75, 3.05) is 13.2 Å². The van der Waals surface area contributed by atoms with Gasteiger partial charge in [-0.05, 0) is 38.3 Å². The molecule has 0 saturated heterocycles. The van der Waals surface area contributed by atoms with Crippen molar-refractivity contribution in [2.24, 2.45) is 0 Å². The van der Waals surface area contributed by atoms with Crippen LogP contribution in [0, 0.1) is 0 Å². The van der Waals surface area contributed by atoms with Crippen LogP contribution in [0.5, 0.6) is 0 Å². The first-order valence-electron chi connectivity index (χ1n) is 8.06. The second kappa shape index (κ2) is 8.89. The Bertz CT molecular complexity index is 655. The normalized spacial score (nSPS) is 11.2. The fourth-order valence-corrected chi connectivity index (χ4v) is 2.92. The number of carboxylic acid groups (broad SMARTS) is 1. The molecule has 1 aromatic carbocycles. The van der Waals surface area contributed by atoms with Crippen LogP contribution in [0.3, 0.4) is 0 Å². The number of para-hydroxylation sites is 1. The predicted octanol–water partition coefficient (Wildman–Crippen LogP) is 3.91. The summed E-state index contributed by atoms with van der Waals surface area (Å²) in [6.07, 6.45) is 3.31. The van der Waals surface area contributed by atoms with Gasteiger partial charge in [0, 0.05) is 32.6 Å². The Kier molecular flexibility index (Phi) is 6.86. The molecular weight excluding hydrogens is 316 g/mol. The molecule has 0 unspecified atom stereocenters. The number of hydrogen-bond donors (Lipinski definition) is 1. The van der Waals surface area contributed by atoms with Crippen molar-refractivity contribution in [1.82, 2.24) is 9.55 Å². The van der Waals surface area contributed by atoms with Gasteiger partial charge in [0.1, 0.15) is 5.82 Å². The lowest BCUT2D eigenvalue weighted by Gasteiger charge is -2.10. The molecule has 0 amide bonds. The second-order valence-corrected chi connectivity index (χ2v) is 5.85. The van der Waals surface area contributed by atoms with Crippen LogP contribution >= 0.6 is 11.6 Å². The van der Waals surface area contributed by atoms with Crippen molar-refractivity contribution < 1.29 is 14.6 Å². The Morgan fingerprint density at radius 3 is 2.91 bits per heavy atom. The highest BCUT2D eigenvalue weighted by atomic mass is 35.5. The number of unbranched alkanes of at least 4 members (excludes halogenated alkanes) is 1. The summed E-state index contributed by atoms with van der Waals surface area (Å²) in [5.41, 5.74) is 1.85. The highest BCUT2D eigenvalue weighted by Crippen LogP contribution is 2.25. The van der Waals surface area contributed by atoms with E-state index in [2.05, 4.69) is 9.55 Å². The lowest BCUT2D eigenvalue weighted by Crippen LogP contribution is -2.07. The molecule has 0 bridgehead atoms. The van der Waals surface area contributed by atoms with Crippen molar-refractivity contribution in [2.45, 2.75) is 45.6 Å². The Hall–Kier alpha value is -1.59. The second-order valence-electron chi connectivity index (χ2n) is 5.44. The van der Waals surface area contributed by atoms with Crippen molar-refractivity contribution in [3.8, 4) is 0 Å². The number of ether oxygens (including phenoxy) is 1. The van der Waals surface area contributed by atoms with Gasteiger partial charge in [0.15, 0.2) is 0 Å². The Morgan fingerprint density at radius 1 is 1.35 bits per heavy atom. The van der Waals surface area contributed by atoms with E-state index in [4.69, 9.17) is 21.4 Å². The van der Waals surface area contributed by atoms with E-state index in [1.165, 1.54) is 0 Å². The summed E-state index contributed by atoms with van der Waals surface area (Å²) in [4.78, 5) is 15.3. The molecule has 5 nitrogen and oxygen atoms in total. The minimum Gasteiger partial charge on any atom is -0.481 e. The fourth-order valence-electron chi connectivity index (χ4n) is 2.65. The van der Waals surface area contributed by atoms with Crippen molar-refractivity contribution in [3.63, 3.8) is 0 Å². The number of carboxylic acids is 1. The maximum atomic E-state index is 10.6. The number of nitrogens with zero attached hydrogens (tertiary/aromatic N) is 2. The summed E-state index contributed by atoms with van der Waals surface area (Å²) < 4.78 is 7.56. The number of carbonyl (C=O) groups is 1. The largest absolute Gasteiger partial charge is 0.481 e. The quantitative estimate of drug-likeness (QED) is 0.667. The zero-order chi connectivity index (χ0) is 16.7. The summed E-state index contributed by atoms with van der Waals surface area (Å²) in [6.45, 7) is 4.21. The van der Waals surface area contributed by atoms with E-state index in [0.717, 1.165) is 42.7 Å². The number of benzene rings is 1. The maximum absolute atomic E-state index is 10.6. The van der Waals surface area contributed by atoms with Crippen LogP contribution < -0.4 is 0 Å². The zero-order valence-electron chi connectivity index (χ0n) is 13.4. The standard InChI is InChI=1S/C17H23ClN2O3/c1-2-23-12-6-11-20-15(9-3-4-10-16(21)22)19-14-8-5-7-13(18)17(14)20/h5,7-8H,2-4,6,9-12H2,1H3,(H,21,22). The van der Waals surface area contributed by atoms with Crippen LogP contribution in [0.4, 0.5) is 0 Å². The molecule has 1 N–H and O–H groups in total. The van der Waals surface area contributed by atoms with E-state index in [1.54, 1.807) is 0 Å². The smallest absolute Gasteiger partial charge is 0.303 e. The number of halogens is 1. The van der Waals surface area contributed by atoms with Crippen molar-refractivity contribution >= 4 is 28.6 Å². The summed E-state index contributed by atoms with van der Waals surface area (Å²) >= 11 is 6.35. The molecule has 0 aliphatic rings. The topological polar surface area (TPSA) is 64.3 Å². The highest BCUT2D eigenvalue weighted by molar-refractivity contribution is 6.35. The van der Waals surface area contributed by atoms with Crippen LogP contribution in [-0.2, 0) is 22.5 Å². The molecule has 0 radical (unpaired) electrons. The van der Waals surface area contributed by atoms with Gasteiger partial charge in [-0.1, -0.05) is 17.7 Å². The van der Waals surface area contributed by atoms with Gasteiger partial charge < -0.3 is 14.4 Å². The monoisotopic (exact) mass is 338 g/mol. The highest BCUT2D eigenvalue weighted by Gasteiger charge is 2.13. The SMILES string of the molecule is CCOCCCn1c(CCCCC(=O)O)nc2cccc(Cl)c21. The number of rotatable bonds is 10. The molecule has 1 aromatic heterocycles. The van der Waals surface area contributed by atoms with Gasteiger partial charge in [-0.2, -0.15) is 0 Å². The Balaban J connectivity index is 2.13. The van der Waals surface area contributed by atoms with Crippen LogP contribution in [0.15, 0.2) is 18.2 Å². The lowest BCUT2D eigenvalue weighted by atomic mass is 10.2. The number of aliphatic carboxylic acids is 1. The van der Waals surface area contributed by atoms with E-state index in [1.807, 2.05) is 25.1 Å². The van der Waals surface area contributed by atoms with Crippen LogP contribution in [0.25, 0.3) is 11.0 Å². The third kappa shape index (κ3) is 4.94. The summed E-state index contributed by atoms with van der Waals surface area (Å²) in [5, 5.41) is 9.43. The number of imidazole rings is 1. The predicted molar refractivity (Wildman–Crippen MR) is 91.0 cm³/mol. The van der Waals surface area contributed by atoms with Gasteiger partial charge in [0.2, 0.25) is 0 Å². The maximum Gasteiger partial charge on any atom is 0.303 e.